The van der Waals surface area contributed by atoms with Crippen LogP contribution in [0.3, 0.4) is 0 Å². The largest absolute Gasteiger partial charge is 0.339 e. The zero-order valence-corrected chi connectivity index (χ0v) is 17.9. The van der Waals surface area contributed by atoms with Gasteiger partial charge in [0.15, 0.2) is 0 Å². The van der Waals surface area contributed by atoms with Crippen molar-refractivity contribution in [3.8, 4) is 16.9 Å². The highest BCUT2D eigenvalue weighted by Crippen LogP contribution is 2.27. The highest BCUT2D eigenvalue weighted by Gasteiger charge is 2.27. The Morgan fingerprint density at radius 3 is 2.17 bits per heavy atom. The molecule has 0 radical (unpaired) electrons. The fourth-order valence-electron chi connectivity index (χ4n) is 3.48. The first kappa shape index (κ1) is 20.4. The molecule has 2 heterocycles. The van der Waals surface area contributed by atoms with Crippen molar-refractivity contribution in [1.82, 2.24) is 19.6 Å². The normalized spacial score (nSPS) is 14.1. The minimum Gasteiger partial charge on any atom is -0.339 e. The van der Waals surface area contributed by atoms with Crippen molar-refractivity contribution in [2.45, 2.75) is 6.92 Å². The monoisotopic (exact) mass is 442 g/mol. The van der Waals surface area contributed by atoms with Gasteiger partial charge in [-0.05, 0) is 24.3 Å². The van der Waals surface area contributed by atoms with Gasteiger partial charge in [-0.3, -0.25) is 9.59 Å². The summed E-state index contributed by atoms with van der Waals surface area (Å²) in [4.78, 5) is 28.5. The van der Waals surface area contributed by atoms with Crippen LogP contribution in [0.15, 0.2) is 54.6 Å². The number of rotatable bonds is 3. The van der Waals surface area contributed by atoms with E-state index in [2.05, 4.69) is 5.10 Å². The number of hydrogen-bond acceptors (Lipinski definition) is 3. The molecule has 0 atom stereocenters. The lowest BCUT2D eigenvalue weighted by Gasteiger charge is -2.34. The van der Waals surface area contributed by atoms with Crippen LogP contribution >= 0.6 is 23.2 Å². The Kier molecular flexibility index (Phi) is 5.79. The first-order chi connectivity index (χ1) is 14.4. The van der Waals surface area contributed by atoms with Gasteiger partial charge in [-0.25, -0.2) is 4.68 Å². The molecule has 0 spiro atoms. The molecule has 154 valence electrons. The number of nitrogens with zero attached hydrogens (tertiary/aromatic N) is 4. The van der Waals surface area contributed by atoms with E-state index in [1.54, 1.807) is 45.7 Å². The Morgan fingerprint density at radius 1 is 0.867 bits per heavy atom. The fraction of sp³-hybridized carbons (Fsp3) is 0.227. The summed E-state index contributed by atoms with van der Waals surface area (Å²) >= 11 is 12.3. The molecule has 4 rings (SSSR count). The van der Waals surface area contributed by atoms with E-state index in [9.17, 15) is 9.59 Å². The van der Waals surface area contributed by atoms with E-state index >= 15 is 0 Å². The Labute approximate surface area is 184 Å². The van der Waals surface area contributed by atoms with E-state index in [-0.39, 0.29) is 11.8 Å². The van der Waals surface area contributed by atoms with Gasteiger partial charge in [-0.1, -0.05) is 53.5 Å². The zero-order chi connectivity index (χ0) is 21.3. The van der Waals surface area contributed by atoms with Crippen molar-refractivity contribution >= 4 is 35.0 Å². The SMILES string of the molecule is CC(=O)N1CCN(C(=O)c2cc(-c3ccccc3)nn2-c2ccc(Cl)c(Cl)c2)CC1. The molecular weight excluding hydrogens is 423 g/mol. The number of halogens is 2. The van der Waals surface area contributed by atoms with Crippen LogP contribution in [0.5, 0.6) is 0 Å². The molecule has 6 nitrogen and oxygen atoms in total. The molecule has 0 bridgehead atoms. The maximum Gasteiger partial charge on any atom is 0.272 e. The minimum atomic E-state index is -0.140. The van der Waals surface area contributed by atoms with E-state index in [1.165, 1.54) is 0 Å². The summed E-state index contributed by atoms with van der Waals surface area (Å²) in [5.41, 5.74) is 2.68. The Hall–Kier alpha value is -2.83. The maximum atomic E-state index is 13.4. The van der Waals surface area contributed by atoms with E-state index < -0.39 is 0 Å². The van der Waals surface area contributed by atoms with Gasteiger partial charge in [0.05, 0.1) is 21.4 Å². The molecule has 2 amide bonds. The third-order valence-electron chi connectivity index (χ3n) is 5.16. The van der Waals surface area contributed by atoms with Gasteiger partial charge in [0.25, 0.3) is 5.91 Å². The zero-order valence-electron chi connectivity index (χ0n) is 16.4. The molecule has 2 aromatic carbocycles. The second-order valence-corrected chi connectivity index (χ2v) is 7.90. The van der Waals surface area contributed by atoms with Crippen molar-refractivity contribution in [2.75, 3.05) is 26.2 Å². The molecule has 1 saturated heterocycles. The van der Waals surface area contributed by atoms with Crippen LogP contribution in [-0.4, -0.2) is 57.6 Å². The predicted octanol–water partition coefficient (Wildman–Crippen LogP) is 4.15. The summed E-state index contributed by atoms with van der Waals surface area (Å²) in [5.74, 6) is -0.117. The van der Waals surface area contributed by atoms with Crippen molar-refractivity contribution in [3.05, 3.63) is 70.3 Å². The van der Waals surface area contributed by atoms with Gasteiger partial charge in [0, 0.05) is 38.7 Å². The Balaban J connectivity index is 1.72. The van der Waals surface area contributed by atoms with Crippen LogP contribution in [0.1, 0.15) is 17.4 Å². The molecule has 0 saturated carbocycles. The topological polar surface area (TPSA) is 58.4 Å². The van der Waals surface area contributed by atoms with Crippen LogP contribution < -0.4 is 0 Å². The van der Waals surface area contributed by atoms with Crippen LogP contribution in [-0.2, 0) is 4.79 Å². The maximum absolute atomic E-state index is 13.4. The van der Waals surface area contributed by atoms with Crippen molar-refractivity contribution in [1.29, 1.82) is 0 Å². The van der Waals surface area contributed by atoms with Gasteiger partial charge in [-0.2, -0.15) is 5.10 Å². The highest BCUT2D eigenvalue weighted by atomic mass is 35.5. The third-order valence-corrected chi connectivity index (χ3v) is 5.90. The lowest BCUT2D eigenvalue weighted by Crippen LogP contribution is -2.50. The second kappa shape index (κ2) is 8.50. The molecule has 3 aromatic rings. The average molecular weight is 443 g/mol. The second-order valence-electron chi connectivity index (χ2n) is 7.09. The summed E-state index contributed by atoms with van der Waals surface area (Å²) in [7, 11) is 0. The molecule has 1 aliphatic rings. The number of hydrogen-bond donors (Lipinski definition) is 0. The van der Waals surface area contributed by atoms with Crippen molar-refractivity contribution < 1.29 is 9.59 Å². The molecule has 1 aliphatic heterocycles. The lowest BCUT2D eigenvalue weighted by atomic mass is 10.1. The molecular formula is C22H20Cl2N4O2. The summed E-state index contributed by atoms with van der Waals surface area (Å²) in [6, 6.07) is 16.6. The van der Waals surface area contributed by atoms with Crippen LogP contribution in [0.2, 0.25) is 10.0 Å². The van der Waals surface area contributed by atoms with Gasteiger partial charge in [-0.15, -0.1) is 0 Å². The van der Waals surface area contributed by atoms with Gasteiger partial charge in [0.1, 0.15) is 5.69 Å². The molecule has 0 aliphatic carbocycles. The van der Waals surface area contributed by atoms with Gasteiger partial charge >= 0.3 is 0 Å². The van der Waals surface area contributed by atoms with Crippen LogP contribution in [0.4, 0.5) is 0 Å². The number of carbonyl (C=O) groups excluding carboxylic acids is 2. The number of amides is 2. The van der Waals surface area contributed by atoms with E-state index in [1.807, 2.05) is 30.3 Å². The third kappa shape index (κ3) is 4.06. The standard InChI is InChI=1S/C22H20Cl2N4O2/c1-15(29)26-9-11-27(12-10-26)22(30)21-14-20(16-5-3-2-4-6-16)25-28(21)17-7-8-18(23)19(24)13-17/h2-8,13-14H,9-12H2,1H3. The van der Waals surface area contributed by atoms with E-state index in [4.69, 9.17) is 23.2 Å². The van der Waals surface area contributed by atoms with Crippen molar-refractivity contribution in [2.24, 2.45) is 0 Å². The molecule has 0 unspecified atom stereocenters. The summed E-state index contributed by atoms with van der Waals surface area (Å²) in [6.07, 6.45) is 0. The smallest absolute Gasteiger partial charge is 0.272 e. The Bertz CT molecular complexity index is 1090. The Morgan fingerprint density at radius 2 is 1.53 bits per heavy atom. The molecule has 8 heteroatoms. The van der Waals surface area contributed by atoms with Gasteiger partial charge in [0.2, 0.25) is 5.91 Å². The number of benzene rings is 2. The van der Waals surface area contributed by atoms with E-state index in [0.29, 0.717) is 53.3 Å². The number of carbonyl (C=O) groups is 2. The highest BCUT2D eigenvalue weighted by molar-refractivity contribution is 6.42. The van der Waals surface area contributed by atoms with Crippen molar-refractivity contribution in [3.63, 3.8) is 0 Å². The summed E-state index contributed by atoms with van der Waals surface area (Å²) < 4.78 is 1.60. The minimum absolute atomic E-state index is 0.0225. The van der Waals surface area contributed by atoms with Gasteiger partial charge < -0.3 is 9.80 Å². The quantitative estimate of drug-likeness (QED) is 0.611. The predicted molar refractivity (Wildman–Crippen MR) is 117 cm³/mol. The molecule has 1 fully saturated rings. The first-order valence-electron chi connectivity index (χ1n) is 9.60. The number of aromatic nitrogens is 2. The molecule has 0 N–H and O–H groups in total. The van der Waals surface area contributed by atoms with E-state index in [0.717, 1.165) is 5.56 Å². The number of piperazine rings is 1. The van der Waals surface area contributed by atoms with Crippen LogP contribution in [0.25, 0.3) is 16.9 Å². The summed E-state index contributed by atoms with van der Waals surface area (Å²) in [6.45, 7) is 3.54. The molecule has 30 heavy (non-hydrogen) atoms. The molecule has 1 aromatic heterocycles. The first-order valence-corrected chi connectivity index (χ1v) is 10.4. The fourth-order valence-corrected chi connectivity index (χ4v) is 3.78. The van der Waals surface area contributed by atoms with Crippen LogP contribution in [0, 0.1) is 0 Å². The summed E-state index contributed by atoms with van der Waals surface area (Å²) in [5, 5.41) is 5.51. The lowest BCUT2D eigenvalue weighted by molar-refractivity contribution is -0.130. The average Bonchev–Trinajstić information content (AvgIpc) is 3.21.